The minimum atomic E-state index is -1.79. The van der Waals surface area contributed by atoms with Gasteiger partial charge in [-0.15, -0.1) is 0 Å². The molecule has 0 heterocycles. The minimum absolute atomic E-state index is 0.308. The lowest BCUT2D eigenvalue weighted by Gasteiger charge is -2.37. The van der Waals surface area contributed by atoms with Gasteiger partial charge in [0.15, 0.2) is 12.2 Å². The molecule has 0 saturated heterocycles. The number of nitrogens with zero attached hydrogens (tertiary/aromatic N) is 2. The molecule has 0 aromatic carbocycles. The normalized spacial score (nSPS) is 13.8. The molecular weight excluding hydrogens is 500 g/mol. The van der Waals surface area contributed by atoms with Crippen molar-refractivity contribution in [2.75, 3.05) is 26.2 Å². The molecule has 0 fully saturated rings. The SMILES string of the molecule is CCCN(CCC)C(=O)C(OC(C)=O)C(OC(C)=O)C(OC(C)=O)C(OC(C)=O)C(=O)N(CCC)CCC. The van der Waals surface area contributed by atoms with Crippen molar-refractivity contribution in [2.45, 2.75) is 105 Å². The van der Waals surface area contributed by atoms with E-state index in [1.807, 2.05) is 27.7 Å². The fourth-order valence-corrected chi connectivity index (χ4v) is 3.96. The Morgan fingerprint density at radius 2 is 0.711 bits per heavy atom. The molecule has 2 amide bonds. The Morgan fingerprint density at radius 1 is 0.474 bits per heavy atom. The summed E-state index contributed by atoms with van der Waals surface area (Å²) in [5, 5.41) is 0. The largest absolute Gasteiger partial charge is 0.454 e. The van der Waals surface area contributed by atoms with E-state index in [0.29, 0.717) is 51.9 Å². The summed E-state index contributed by atoms with van der Waals surface area (Å²) in [5.74, 6) is -4.96. The molecular formula is C26H44N2O10. The van der Waals surface area contributed by atoms with Crippen LogP contribution in [-0.2, 0) is 47.7 Å². The second kappa shape index (κ2) is 18.1. The summed E-state index contributed by atoms with van der Waals surface area (Å²) in [6, 6.07) is 0. The Kier molecular flexibility index (Phi) is 16.6. The van der Waals surface area contributed by atoms with Crippen LogP contribution >= 0.6 is 0 Å². The molecule has 218 valence electrons. The minimum Gasteiger partial charge on any atom is -0.454 e. The molecule has 12 heteroatoms. The first-order chi connectivity index (χ1) is 17.8. The molecule has 4 unspecified atom stereocenters. The van der Waals surface area contributed by atoms with Gasteiger partial charge in [0.25, 0.3) is 11.8 Å². The van der Waals surface area contributed by atoms with E-state index in [9.17, 15) is 28.8 Å². The van der Waals surface area contributed by atoms with Gasteiger partial charge in [0, 0.05) is 53.9 Å². The maximum atomic E-state index is 13.6. The first-order valence-corrected chi connectivity index (χ1v) is 13.1. The summed E-state index contributed by atoms with van der Waals surface area (Å²) in [5.41, 5.74) is 0. The van der Waals surface area contributed by atoms with Crippen LogP contribution in [0.15, 0.2) is 0 Å². The molecule has 0 aliphatic heterocycles. The van der Waals surface area contributed by atoms with Crippen molar-refractivity contribution in [3.8, 4) is 0 Å². The molecule has 38 heavy (non-hydrogen) atoms. The van der Waals surface area contributed by atoms with Crippen LogP contribution in [0.25, 0.3) is 0 Å². The Hall–Kier alpha value is -3.18. The summed E-state index contributed by atoms with van der Waals surface area (Å²) >= 11 is 0. The highest BCUT2D eigenvalue weighted by Gasteiger charge is 2.50. The van der Waals surface area contributed by atoms with Crippen LogP contribution in [0, 0.1) is 0 Å². The van der Waals surface area contributed by atoms with Gasteiger partial charge >= 0.3 is 23.9 Å². The number of carbonyl (C=O) groups excluding carboxylic acids is 6. The fourth-order valence-electron chi connectivity index (χ4n) is 3.96. The van der Waals surface area contributed by atoms with Crippen molar-refractivity contribution >= 4 is 35.7 Å². The summed E-state index contributed by atoms with van der Waals surface area (Å²) < 4.78 is 21.5. The van der Waals surface area contributed by atoms with E-state index in [1.54, 1.807) is 0 Å². The third-order valence-corrected chi connectivity index (χ3v) is 5.19. The van der Waals surface area contributed by atoms with Crippen molar-refractivity contribution in [1.82, 2.24) is 9.80 Å². The van der Waals surface area contributed by atoms with Crippen molar-refractivity contribution in [1.29, 1.82) is 0 Å². The summed E-state index contributed by atoms with van der Waals surface area (Å²) in [6.45, 7) is 12.9. The van der Waals surface area contributed by atoms with Crippen LogP contribution in [-0.4, -0.2) is 96.1 Å². The molecule has 0 rings (SSSR count). The summed E-state index contributed by atoms with van der Waals surface area (Å²) in [4.78, 5) is 78.7. The lowest BCUT2D eigenvalue weighted by atomic mass is 9.99. The van der Waals surface area contributed by atoms with Crippen LogP contribution in [0.4, 0.5) is 0 Å². The second-order valence-electron chi connectivity index (χ2n) is 8.86. The predicted molar refractivity (Wildman–Crippen MR) is 137 cm³/mol. The fraction of sp³-hybridized carbons (Fsp3) is 0.769. The topological polar surface area (TPSA) is 146 Å². The number of hydrogen-bond acceptors (Lipinski definition) is 10. The number of rotatable bonds is 17. The third-order valence-electron chi connectivity index (χ3n) is 5.19. The lowest BCUT2D eigenvalue weighted by molar-refractivity contribution is -0.204. The highest BCUT2D eigenvalue weighted by Crippen LogP contribution is 2.23. The van der Waals surface area contributed by atoms with Gasteiger partial charge in [-0.1, -0.05) is 27.7 Å². The number of ether oxygens (including phenoxy) is 4. The maximum absolute atomic E-state index is 13.6. The molecule has 0 aliphatic rings. The van der Waals surface area contributed by atoms with Crippen LogP contribution in [0.3, 0.4) is 0 Å². The van der Waals surface area contributed by atoms with E-state index in [4.69, 9.17) is 18.9 Å². The van der Waals surface area contributed by atoms with E-state index in [-0.39, 0.29) is 0 Å². The molecule has 0 radical (unpaired) electrons. The molecule has 0 N–H and O–H groups in total. The molecule has 0 bridgehead atoms. The van der Waals surface area contributed by atoms with Crippen LogP contribution in [0.5, 0.6) is 0 Å². The van der Waals surface area contributed by atoms with Gasteiger partial charge in [0.05, 0.1) is 0 Å². The quantitative estimate of drug-likeness (QED) is 0.197. The van der Waals surface area contributed by atoms with Crippen LogP contribution in [0.1, 0.15) is 81.1 Å². The molecule has 0 spiro atoms. The van der Waals surface area contributed by atoms with Gasteiger partial charge in [0.1, 0.15) is 0 Å². The van der Waals surface area contributed by atoms with Crippen molar-refractivity contribution in [3.05, 3.63) is 0 Å². The smallest absolute Gasteiger partial charge is 0.303 e. The number of hydrogen-bond donors (Lipinski definition) is 0. The maximum Gasteiger partial charge on any atom is 0.303 e. The van der Waals surface area contributed by atoms with E-state index >= 15 is 0 Å². The Morgan fingerprint density at radius 3 is 0.895 bits per heavy atom. The zero-order chi connectivity index (χ0) is 29.4. The molecule has 0 aliphatic carbocycles. The highest BCUT2D eigenvalue weighted by atomic mass is 16.6. The van der Waals surface area contributed by atoms with Gasteiger partial charge < -0.3 is 28.7 Å². The monoisotopic (exact) mass is 544 g/mol. The Balaban J connectivity index is 7.04. The van der Waals surface area contributed by atoms with E-state index < -0.39 is 60.1 Å². The Bertz CT molecular complexity index is 738. The number of esters is 4. The van der Waals surface area contributed by atoms with Gasteiger partial charge in [0.2, 0.25) is 12.2 Å². The Labute approximate surface area is 225 Å². The van der Waals surface area contributed by atoms with Gasteiger partial charge in [-0.25, -0.2) is 0 Å². The third kappa shape index (κ3) is 11.9. The molecule has 4 atom stereocenters. The van der Waals surface area contributed by atoms with E-state index in [2.05, 4.69) is 0 Å². The zero-order valence-electron chi connectivity index (χ0n) is 23.9. The van der Waals surface area contributed by atoms with Crippen LogP contribution in [0.2, 0.25) is 0 Å². The van der Waals surface area contributed by atoms with Crippen molar-refractivity contribution < 1.29 is 47.7 Å². The number of amides is 2. The molecule has 0 aromatic rings. The zero-order valence-corrected chi connectivity index (χ0v) is 23.9. The van der Waals surface area contributed by atoms with Crippen LogP contribution < -0.4 is 0 Å². The second-order valence-corrected chi connectivity index (χ2v) is 8.86. The van der Waals surface area contributed by atoms with Crippen molar-refractivity contribution in [2.24, 2.45) is 0 Å². The first kappa shape index (κ1) is 34.8. The number of carbonyl (C=O) groups is 6. The standard InChI is InChI=1S/C26H44N2O10/c1-9-13-27(14-10-2)25(33)23(37-19(7)31)21(35-17(5)29)22(36-18(6)30)24(38-20(8)32)26(34)28(15-11-3)16-12-4/h21-24H,9-16H2,1-8H3. The average molecular weight is 545 g/mol. The van der Waals surface area contributed by atoms with E-state index in [1.165, 1.54) is 9.80 Å². The highest BCUT2D eigenvalue weighted by molar-refractivity contribution is 5.87. The summed E-state index contributed by atoms with van der Waals surface area (Å²) in [6.07, 6.45) is -4.80. The molecule has 12 nitrogen and oxygen atoms in total. The first-order valence-electron chi connectivity index (χ1n) is 13.1. The molecule has 0 saturated carbocycles. The predicted octanol–water partition coefficient (Wildman–Crippen LogP) is 2.01. The average Bonchev–Trinajstić information content (AvgIpc) is 2.81. The van der Waals surface area contributed by atoms with Gasteiger partial charge in [-0.2, -0.15) is 0 Å². The van der Waals surface area contributed by atoms with Gasteiger partial charge in [-0.05, 0) is 25.7 Å². The lowest BCUT2D eigenvalue weighted by Crippen LogP contribution is -2.60. The van der Waals surface area contributed by atoms with Gasteiger partial charge in [-0.3, -0.25) is 28.8 Å². The summed E-state index contributed by atoms with van der Waals surface area (Å²) in [7, 11) is 0. The molecule has 0 aromatic heterocycles. The van der Waals surface area contributed by atoms with Crippen molar-refractivity contribution in [3.63, 3.8) is 0 Å². The van der Waals surface area contributed by atoms with E-state index in [0.717, 1.165) is 27.7 Å².